The van der Waals surface area contributed by atoms with Gasteiger partial charge in [0.15, 0.2) is 17.5 Å². The van der Waals surface area contributed by atoms with Gasteiger partial charge in [-0.05, 0) is 38.1 Å². The van der Waals surface area contributed by atoms with Crippen molar-refractivity contribution in [3.8, 4) is 5.75 Å². The van der Waals surface area contributed by atoms with Gasteiger partial charge in [0, 0.05) is 23.8 Å². The number of likely N-dealkylation sites (N-methyl/N-ethyl adjacent to an activating group) is 1. The van der Waals surface area contributed by atoms with Gasteiger partial charge in [-0.1, -0.05) is 5.16 Å². The van der Waals surface area contributed by atoms with Crippen LogP contribution < -0.4 is 21.5 Å². The summed E-state index contributed by atoms with van der Waals surface area (Å²) in [5, 5.41) is 8.35. The summed E-state index contributed by atoms with van der Waals surface area (Å²) < 4.78 is 43.7. The van der Waals surface area contributed by atoms with Crippen LogP contribution in [0.15, 0.2) is 39.8 Å². The highest BCUT2D eigenvalue weighted by molar-refractivity contribution is 7.80. The van der Waals surface area contributed by atoms with Crippen LogP contribution in [0.3, 0.4) is 0 Å². The van der Waals surface area contributed by atoms with E-state index in [9.17, 15) is 22.6 Å². The summed E-state index contributed by atoms with van der Waals surface area (Å²) in [4.78, 5) is 39.3. The Morgan fingerprint density at radius 3 is 2.52 bits per heavy atom. The highest BCUT2D eigenvalue weighted by atomic mass is 32.3. The van der Waals surface area contributed by atoms with Gasteiger partial charge < -0.3 is 35.4 Å². The Labute approximate surface area is 259 Å². The summed E-state index contributed by atoms with van der Waals surface area (Å²) in [6.45, 7) is 6.83. The molecule has 0 bridgehead atoms. The molecule has 44 heavy (non-hydrogen) atoms. The van der Waals surface area contributed by atoms with Crippen molar-refractivity contribution in [3.05, 3.63) is 40.9 Å². The Balaban J connectivity index is 1.29. The molecule has 0 saturated carbocycles. The predicted molar refractivity (Wildman–Crippen MR) is 160 cm³/mol. The quantitative estimate of drug-likeness (QED) is 0.0359. The number of hydroxylamine groups is 2. The maximum absolute atomic E-state index is 13.1. The van der Waals surface area contributed by atoms with E-state index in [0.29, 0.717) is 23.2 Å². The highest BCUT2D eigenvalue weighted by Crippen LogP contribution is 2.33. The third kappa shape index (κ3) is 8.20. The zero-order valence-corrected chi connectivity index (χ0v) is 26.2. The minimum Gasteiger partial charge on any atom is -0.724 e. The molecule has 1 aromatic carbocycles. The predicted octanol–water partition coefficient (Wildman–Crippen LogP) is -0.0319. The number of carbonyl (C=O) groups excluding carboxylic acids is 2. The van der Waals surface area contributed by atoms with Gasteiger partial charge in [0.05, 0.1) is 38.8 Å². The number of nitrogens with one attached hydrogen (secondary N) is 1. The first-order chi connectivity index (χ1) is 20.7. The van der Waals surface area contributed by atoms with Gasteiger partial charge in [0.25, 0.3) is 11.8 Å². The van der Waals surface area contributed by atoms with E-state index in [0.717, 1.165) is 27.9 Å². The number of likely N-dealkylation sites (tertiary alicyclic amines) is 1. The number of thiazole rings is 1. The number of β-lactam (4-membered cyclic amide) rings is 1. The van der Waals surface area contributed by atoms with Crippen molar-refractivity contribution in [1.29, 1.82) is 0 Å². The SMILES string of the molecule is CC1(C)[C@H](NC(=O)/C(=N\OCCOc2ccc(C(N)=NCC[N+]3(C)CCCC3)cc2)c2csc(N)n2)C(=O)N1OS(=O)(=O)[O-]. The smallest absolute Gasteiger partial charge is 0.276 e. The number of oxime groups is 1. The topological polar surface area (TPSA) is 224 Å². The van der Waals surface area contributed by atoms with Gasteiger partial charge in [0.1, 0.15) is 29.9 Å². The Kier molecular flexibility index (Phi) is 10.1. The summed E-state index contributed by atoms with van der Waals surface area (Å²) in [6, 6.07) is 5.92. The van der Waals surface area contributed by atoms with E-state index in [1.807, 2.05) is 12.1 Å². The number of rotatable bonds is 14. The fraction of sp³-hybridized carbons (Fsp3) is 0.500. The molecule has 1 aromatic heterocycles. The first-order valence-corrected chi connectivity index (χ1v) is 16.0. The number of carbonyl (C=O) groups is 2. The second kappa shape index (κ2) is 13.4. The second-order valence-corrected chi connectivity index (χ2v) is 13.0. The molecular formula is C26H36N8O8S2. The number of aliphatic imine (C=N–C) groups is 1. The largest absolute Gasteiger partial charge is 0.724 e. The zero-order valence-electron chi connectivity index (χ0n) is 24.6. The van der Waals surface area contributed by atoms with E-state index in [1.165, 1.54) is 45.2 Å². The number of ether oxygens (including phenoxy) is 1. The van der Waals surface area contributed by atoms with Gasteiger partial charge in [-0.3, -0.25) is 14.6 Å². The number of amidine groups is 1. The van der Waals surface area contributed by atoms with Crippen LogP contribution in [0.4, 0.5) is 5.13 Å². The molecule has 2 aromatic rings. The van der Waals surface area contributed by atoms with Crippen molar-refractivity contribution in [2.45, 2.75) is 38.3 Å². The minimum atomic E-state index is -5.20. The number of benzene rings is 1. The van der Waals surface area contributed by atoms with Crippen molar-refractivity contribution in [3.63, 3.8) is 0 Å². The van der Waals surface area contributed by atoms with Crippen LogP contribution in [0.25, 0.3) is 0 Å². The number of nitrogens with zero attached hydrogens (tertiary/aromatic N) is 5. The molecule has 5 N–H and O–H groups in total. The van der Waals surface area contributed by atoms with Crippen molar-refractivity contribution in [1.82, 2.24) is 15.4 Å². The average Bonchev–Trinajstić information content (AvgIpc) is 3.59. The molecule has 0 spiro atoms. The number of quaternary nitrogens is 1. The monoisotopic (exact) mass is 652 g/mol. The lowest BCUT2D eigenvalue weighted by atomic mass is 9.84. The maximum Gasteiger partial charge on any atom is 0.276 e. The number of anilines is 1. The molecule has 1 atom stereocenters. The third-order valence-electron chi connectivity index (χ3n) is 7.42. The van der Waals surface area contributed by atoms with Crippen LogP contribution in [0.5, 0.6) is 5.75 Å². The molecule has 18 heteroatoms. The number of hydrogen-bond acceptors (Lipinski definition) is 13. The molecular weight excluding hydrogens is 616 g/mol. The standard InChI is InChI=1S/C26H36N8O8S2/c1-26(2)21(24(36)33(26)42-44(37,38)39)31-23(35)20(19-16-43-25(28)30-19)32-41-15-14-40-18-8-6-17(7-9-18)22(27)29-10-13-34(3)11-4-5-12-34/h6-9,16,21H,4-5,10-15H2,1-3H3,(H5-,27,28,29,30,31,35,37,38,39)/b32-20-/t21-/m1/s1. The Morgan fingerprint density at radius 1 is 1.25 bits per heavy atom. The molecule has 2 aliphatic rings. The highest BCUT2D eigenvalue weighted by Gasteiger charge is 2.57. The zero-order chi connectivity index (χ0) is 32.1. The molecule has 2 fully saturated rings. The molecule has 16 nitrogen and oxygen atoms in total. The van der Waals surface area contributed by atoms with E-state index in [4.69, 9.17) is 21.0 Å². The Morgan fingerprint density at radius 2 is 1.93 bits per heavy atom. The van der Waals surface area contributed by atoms with Crippen LogP contribution in [-0.4, -0.2) is 109 Å². The molecule has 0 radical (unpaired) electrons. The molecule has 4 rings (SSSR count). The number of amides is 2. The maximum atomic E-state index is 13.1. The van der Waals surface area contributed by atoms with Crippen LogP contribution in [0.1, 0.15) is 37.9 Å². The lowest BCUT2D eigenvalue weighted by molar-refractivity contribution is -0.896. The van der Waals surface area contributed by atoms with E-state index >= 15 is 0 Å². The number of nitrogens with two attached hydrogens (primary N) is 2. The average molecular weight is 653 g/mol. The van der Waals surface area contributed by atoms with Gasteiger partial charge in [0.2, 0.25) is 10.4 Å². The fourth-order valence-electron chi connectivity index (χ4n) is 4.87. The fourth-order valence-corrected chi connectivity index (χ4v) is 5.87. The van der Waals surface area contributed by atoms with Crippen molar-refractivity contribution >= 4 is 50.2 Å². The molecule has 0 aliphatic carbocycles. The molecule has 2 saturated heterocycles. The molecule has 240 valence electrons. The summed E-state index contributed by atoms with van der Waals surface area (Å²) >= 11 is 1.06. The lowest BCUT2D eigenvalue weighted by Crippen LogP contribution is -2.76. The summed E-state index contributed by atoms with van der Waals surface area (Å²) in [6.07, 6.45) is 2.51. The first kappa shape index (κ1) is 33.1. The van der Waals surface area contributed by atoms with E-state index in [2.05, 4.69) is 31.8 Å². The van der Waals surface area contributed by atoms with Gasteiger partial charge in [-0.15, -0.1) is 11.3 Å². The van der Waals surface area contributed by atoms with E-state index in [1.54, 1.807) is 12.1 Å². The molecule has 2 aliphatic heterocycles. The van der Waals surface area contributed by atoms with Crippen molar-refractivity contribution in [2.24, 2.45) is 15.9 Å². The molecule has 3 heterocycles. The number of aromatic nitrogens is 1. The van der Waals surface area contributed by atoms with Crippen molar-refractivity contribution < 1.29 is 40.9 Å². The summed E-state index contributed by atoms with van der Waals surface area (Å²) in [5.41, 5.74) is 11.1. The molecule has 2 amide bonds. The minimum absolute atomic E-state index is 0.0460. The molecule has 0 unspecified atom stereocenters. The normalized spacial score (nSPS) is 19.9. The second-order valence-electron chi connectivity index (χ2n) is 11.2. The summed E-state index contributed by atoms with van der Waals surface area (Å²) in [7, 11) is -2.94. The van der Waals surface area contributed by atoms with Gasteiger partial charge >= 0.3 is 0 Å². The van der Waals surface area contributed by atoms with Crippen LogP contribution >= 0.6 is 11.3 Å². The van der Waals surface area contributed by atoms with E-state index < -0.39 is 33.8 Å². The Bertz CT molecular complexity index is 1520. The van der Waals surface area contributed by atoms with Gasteiger partial charge in [-0.2, -0.15) is 9.35 Å². The first-order valence-electron chi connectivity index (χ1n) is 13.8. The van der Waals surface area contributed by atoms with Crippen molar-refractivity contribution in [2.75, 3.05) is 52.2 Å². The number of nitrogen functional groups attached to an aromatic ring is 1. The Hall–Kier alpha value is -3.84. The summed E-state index contributed by atoms with van der Waals surface area (Å²) in [5.74, 6) is -0.757. The van der Waals surface area contributed by atoms with Crippen LogP contribution in [0, 0.1) is 0 Å². The number of hydrogen-bond donors (Lipinski definition) is 3. The lowest BCUT2D eigenvalue weighted by Gasteiger charge is -2.51. The van der Waals surface area contributed by atoms with Crippen LogP contribution in [0.2, 0.25) is 0 Å². The van der Waals surface area contributed by atoms with Gasteiger partial charge in [-0.25, -0.2) is 13.4 Å². The van der Waals surface area contributed by atoms with Crippen LogP contribution in [-0.2, 0) is 29.1 Å². The third-order valence-corrected chi connectivity index (χ3v) is 8.42. The van der Waals surface area contributed by atoms with E-state index in [-0.39, 0.29) is 29.8 Å².